The fourth-order valence-electron chi connectivity index (χ4n) is 2.07. The summed E-state index contributed by atoms with van der Waals surface area (Å²) in [6, 6.07) is 2.62. The van der Waals surface area contributed by atoms with Crippen LogP contribution in [0.4, 0.5) is 4.39 Å². The number of nitrogens with zero attached hydrogens (tertiary/aromatic N) is 3. The largest absolute Gasteiger partial charge is 0.468 e. The molecule has 1 aliphatic heterocycles. The van der Waals surface area contributed by atoms with Crippen LogP contribution in [0.15, 0.2) is 18.3 Å². The molecule has 1 aliphatic rings. The van der Waals surface area contributed by atoms with Gasteiger partial charge in [0.05, 0.1) is 13.7 Å². The monoisotopic (exact) mass is 281 g/mol. The summed E-state index contributed by atoms with van der Waals surface area (Å²) in [7, 11) is 1.35. The molecule has 1 aromatic heterocycles. The molecule has 0 aromatic carbocycles. The lowest BCUT2D eigenvalue weighted by Crippen LogP contribution is -2.50. The summed E-state index contributed by atoms with van der Waals surface area (Å²) >= 11 is 0. The third-order valence-corrected chi connectivity index (χ3v) is 3.21. The quantitative estimate of drug-likeness (QED) is 0.583. The molecule has 2 heterocycles. The van der Waals surface area contributed by atoms with Crippen molar-refractivity contribution in [3.05, 3.63) is 29.8 Å². The second-order valence-electron chi connectivity index (χ2n) is 4.51. The van der Waals surface area contributed by atoms with Gasteiger partial charge in [0.2, 0.25) is 5.95 Å². The summed E-state index contributed by atoms with van der Waals surface area (Å²) in [4.78, 5) is 30.3. The summed E-state index contributed by atoms with van der Waals surface area (Å²) < 4.78 is 17.6. The zero-order chi connectivity index (χ0) is 14.5. The highest BCUT2D eigenvalue weighted by molar-refractivity contribution is 5.94. The van der Waals surface area contributed by atoms with Crippen LogP contribution in [-0.4, -0.2) is 66.5 Å². The van der Waals surface area contributed by atoms with Crippen molar-refractivity contribution in [2.24, 2.45) is 0 Å². The van der Waals surface area contributed by atoms with Crippen molar-refractivity contribution in [2.75, 3.05) is 39.8 Å². The third kappa shape index (κ3) is 3.51. The van der Waals surface area contributed by atoms with Gasteiger partial charge in [-0.25, -0.2) is 4.98 Å². The van der Waals surface area contributed by atoms with E-state index in [0.717, 1.165) is 6.07 Å². The molecule has 0 unspecified atom stereocenters. The predicted molar refractivity (Wildman–Crippen MR) is 68.6 cm³/mol. The first-order chi connectivity index (χ1) is 9.60. The molecule has 7 heteroatoms. The normalized spacial score (nSPS) is 16.0. The molecule has 108 valence electrons. The van der Waals surface area contributed by atoms with Gasteiger partial charge < -0.3 is 9.64 Å². The van der Waals surface area contributed by atoms with E-state index >= 15 is 0 Å². The van der Waals surface area contributed by atoms with Crippen LogP contribution in [0.5, 0.6) is 0 Å². The lowest BCUT2D eigenvalue weighted by atomic mass is 10.2. The van der Waals surface area contributed by atoms with Gasteiger partial charge in [-0.1, -0.05) is 0 Å². The maximum atomic E-state index is 13.0. The molecule has 0 saturated carbocycles. The standard InChI is InChI=1S/C13H16FN3O3/c1-20-12(18)9-16-4-6-17(7-5-16)13(19)10-2-3-15-11(14)8-10/h2-3,8H,4-7,9H2,1H3. The van der Waals surface area contributed by atoms with Gasteiger partial charge in [-0.3, -0.25) is 14.5 Å². The molecular weight excluding hydrogens is 265 g/mol. The van der Waals surface area contributed by atoms with Crippen LogP contribution in [0.3, 0.4) is 0 Å². The zero-order valence-electron chi connectivity index (χ0n) is 11.2. The Morgan fingerprint density at radius 3 is 2.65 bits per heavy atom. The molecule has 0 radical (unpaired) electrons. The number of ether oxygens (including phenoxy) is 1. The fraction of sp³-hybridized carbons (Fsp3) is 0.462. The SMILES string of the molecule is COC(=O)CN1CCN(C(=O)c2ccnc(F)c2)CC1. The lowest BCUT2D eigenvalue weighted by molar-refractivity contribution is -0.142. The van der Waals surface area contributed by atoms with Crippen LogP contribution in [0.25, 0.3) is 0 Å². The maximum absolute atomic E-state index is 13.0. The van der Waals surface area contributed by atoms with Crippen LogP contribution in [0.1, 0.15) is 10.4 Å². The Hall–Kier alpha value is -2.02. The minimum atomic E-state index is -0.667. The Morgan fingerprint density at radius 1 is 1.35 bits per heavy atom. The Kier molecular flexibility index (Phi) is 4.62. The minimum absolute atomic E-state index is 0.219. The van der Waals surface area contributed by atoms with Crippen LogP contribution >= 0.6 is 0 Å². The number of amides is 1. The van der Waals surface area contributed by atoms with E-state index in [-0.39, 0.29) is 18.4 Å². The number of hydrogen-bond acceptors (Lipinski definition) is 5. The first-order valence-corrected chi connectivity index (χ1v) is 6.30. The minimum Gasteiger partial charge on any atom is -0.468 e. The van der Waals surface area contributed by atoms with Gasteiger partial charge in [-0.05, 0) is 6.07 Å². The van der Waals surface area contributed by atoms with Crippen molar-refractivity contribution < 1.29 is 18.7 Å². The predicted octanol–water partition coefficient (Wildman–Crippen LogP) is 0.151. The third-order valence-electron chi connectivity index (χ3n) is 3.21. The molecule has 20 heavy (non-hydrogen) atoms. The number of pyridine rings is 1. The fourth-order valence-corrected chi connectivity index (χ4v) is 2.07. The van der Waals surface area contributed by atoms with E-state index in [1.165, 1.54) is 19.4 Å². The van der Waals surface area contributed by atoms with Gasteiger partial charge in [0, 0.05) is 44.0 Å². The topological polar surface area (TPSA) is 62.7 Å². The molecule has 1 aromatic rings. The molecule has 0 N–H and O–H groups in total. The summed E-state index contributed by atoms with van der Waals surface area (Å²) in [6.07, 6.45) is 1.27. The highest BCUT2D eigenvalue weighted by atomic mass is 19.1. The van der Waals surface area contributed by atoms with Crippen molar-refractivity contribution in [3.8, 4) is 0 Å². The van der Waals surface area contributed by atoms with Gasteiger partial charge in [0.15, 0.2) is 0 Å². The van der Waals surface area contributed by atoms with Crippen LogP contribution < -0.4 is 0 Å². The first kappa shape index (κ1) is 14.4. The highest BCUT2D eigenvalue weighted by Crippen LogP contribution is 2.09. The number of piperazine rings is 1. The lowest BCUT2D eigenvalue weighted by Gasteiger charge is -2.34. The number of aromatic nitrogens is 1. The summed E-state index contributed by atoms with van der Waals surface area (Å²) in [6.45, 7) is 2.41. The molecule has 0 aliphatic carbocycles. The number of methoxy groups -OCH3 is 1. The number of hydrogen-bond donors (Lipinski definition) is 0. The van der Waals surface area contributed by atoms with Crippen molar-refractivity contribution in [1.82, 2.24) is 14.8 Å². The molecule has 0 spiro atoms. The highest BCUT2D eigenvalue weighted by Gasteiger charge is 2.23. The first-order valence-electron chi connectivity index (χ1n) is 6.30. The van der Waals surface area contributed by atoms with Crippen LogP contribution in [-0.2, 0) is 9.53 Å². The van der Waals surface area contributed by atoms with Crippen LogP contribution in [0, 0.1) is 5.95 Å². The van der Waals surface area contributed by atoms with E-state index in [0.29, 0.717) is 31.7 Å². The Balaban J connectivity index is 1.90. The van der Waals surface area contributed by atoms with E-state index in [1.54, 1.807) is 4.90 Å². The summed E-state index contributed by atoms with van der Waals surface area (Å²) in [5.74, 6) is -1.18. The number of rotatable bonds is 3. The molecule has 6 nitrogen and oxygen atoms in total. The van der Waals surface area contributed by atoms with Crippen molar-refractivity contribution in [3.63, 3.8) is 0 Å². The van der Waals surface area contributed by atoms with E-state index in [4.69, 9.17) is 0 Å². The van der Waals surface area contributed by atoms with Crippen LogP contribution in [0.2, 0.25) is 0 Å². The van der Waals surface area contributed by atoms with Gasteiger partial charge in [-0.15, -0.1) is 0 Å². The molecule has 0 bridgehead atoms. The van der Waals surface area contributed by atoms with Gasteiger partial charge >= 0.3 is 5.97 Å². The number of halogens is 1. The van der Waals surface area contributed by atoms with Gasteiger partial charge in [0.25, 0.3) is 5.91 Å². The average molecular weight is 281 g/mol. The Morgan fingerprint density at radius 2 is 2.05 bits per heavy atom. The van der Waals surface area contributed by atoms with E-state index < -0.39 is 5.95 Å². The maximum Gasteiger partial charge on any atom is 0.319 e. The second kappa shape index (κ2) is 6.42. The zero-order valence-corrected chi connectivity index (χ0v) is 11.2. The van der Waals surface area contributed by atoms with Crippen molar-refractivity contribution in [1.29, 1.82) is 0 Å². The number of esters is 1. The van der Waals surface area contributed by atoms with E-state index in [2.05, 4.69) is 9.72 Å². The van der Waals surface area contributed by atoms with E-state index in [9.17, 15) is 14.0 Å². The van der Waals surface area contributed by atoms with Gasteiger partial charge in [-0.2, -0.15) is 4.39 Å². The second-order valence-corrected chi connectivity index (χ2v) is 4.51. The van der Waals surface area contributed by atoms with Gasteiger partial charge in [0.1, 0.15) is 0 Å². The molecule has 1 saturated heterocycles. The summed E-state index contributed by atoms with van der Waals surface area (Å²) in [5.41, 5.74) is 0.291. The molecule has 1 fully saturated rings. The van der Waals surface area contributed by atoms with Crippen molar-refractivity contribution in [2.45, 2.75) is 0 Å². The molecule has 2 rings (SSSR count). The molecular formula is C13H16FN3O3. The molecule has 1 amide bonds. The number of carbonyl (C=O) groups excluding carboxylic acids is 2. The van der Waals surface area contributed by atoms with Crippen molar-refractivity contribution >= 4 is 11.9 Å². The Labute approximate surface area is 116 Å². The van der Waals surface area contributed by atoms with E-state index in [1.807, 2.05) is 4.90 Å². The Bertz CT molecular complexity index is 501. The average Bonchev–Trinajstić information content (AvgIpc) is 2.47. The molecule has 0 atom stereocenters. The number of carbonyl (C=O) groups is 2. The smallest absolute Gasteiger partial charge is 0.319 e. The summed E-state index contributed by atoms with van der Waals surface area (Å²) in [5, 5.41) is 0.